The second-order valence-corrected chi connectivity index (χ2v) is 8.48. The number of nitrogens with one attached hydrogen (secondary N) is 2. The molecule has 156 valence electrons. The molecule has 4 N–H and O–H groups in total. The van der Waals surface area contributed by atoms with E-state index in [1.165, 1.54) is 24.3 Å². The van der Waals surface area contributed by atoms with Crippen LogP contribution >= 0.6 is 12.2 Å². The Morgan fingerprint density at radius 3 is 2.66 bits per heavy atom. The van der Waals surface area contributed by atoms with Crippen LogP contribution in [0.3, 0.4) is 0 Å². The maximum Gasteiger partial charge on any atom is 0.417 e. The van der Waals surface area contributed by atoms with E-state index in [-0.39, 0.29) is 10.9 Å². The normalized spacial score (nSPS) is 17.2. The lowest BCUT2D eigenvalue weighted by Crippen LogP contribution is -2.39. The molecule has 0 amide bonds. The van der Waals surface area contributed by atoms with Gasteiger partial charge in [-0.3, -0.25) is 0 Å². The number of alkyl halides is 3. The molecule has 1 aromatic heterocycles. The van der Waals surface area contributed by atoms with E-state index in [4.69, 9.17) is 17.4 Å². The Morgan fingerprint density at radius 2 is 2.03 bits per heavy atom. The van der Waals surface area contributed by atoms with Gasteiger partial charge in [0.1, 0.15) is 5.82 Å². The minimum absolute atomic E-state index is 0.0364. The summed E-state index contributed by atoms with van der Waals surface area (Å²) in [5.74, 6) is 0.460. The molecule has 29 heavy (non-hydrogen) atoms. The van der Waals surface area contributed by atoms with Crippen molar-refractivity contribution in [1.82, 2.24) is 10.3 Å². The monoisotopic (exact) mass is 445 g/mol. The minimum Gasteiger partial charge on any atom is -0.358 e. The summed E-state index contributed by atoms with van der Waals surface area (Å²) in [5.41, 5.74) is -0.324. The van der Waals surface area contributed by atoms with E-state index < -0.39 is 21.8 Å². The molecule has 2 heterocycles. The molecule has 2 aromatic rings. The van der Waals surface area contributed by atoms with E-state index in [1.54, 1.807) is 6.07 Å². The number of anilines is 2. The Kier molecular flexibility index (Phi) is 5.96. The van der Waals surface area contributed by atoms with Gasteiger partial charge in [-0.2, -0.15) is 13.2 Å². The zero-order valence-electron chi connectivity index (χ0n) is 15.0. The number of rotatable bonds is 4. The fraction of sp³-hybridized carbons (Fsp3) is 0.294. The second kappa shape index (κ2) is 8.13. The summed E-state index contributed by atoms with van der Waals surface area (Å²) >= 11 is 5.26. The van der Waals surface area contributed by atoms with E-state index in [0.717, 1.165) is 12.3 Å². The molecular formula is C17H18F3N5O2S2. The Hall–Kier alpha value is -2.44. The smallest absolute Gasteiger partial charge is 0.358 e. The Morgan fingerprint density at radius 1 is 1.28 bits per heavy atom. The molecule has 1 aromatic carbocycles. The largest absolute Gasteiger partial charge is 0.417 e. The van der Waals surface area contributed by atoms with Crippen LogP contribution in [0.2, 0.25) is 0 Å². The Balaban J connectivity index is 1.57. The van der Waals surface area contributed by atoms with E-state index >= 15 is 0 Å². The van der Waals surface area contributed by atoms with Crippen LogP contribution in [0.25, 0.3) is 0 Å². The van der Waals surface area contributed by atoms with Crippen molar-refractivity contribution < 1.29 is 21.6 Å². The molecule has 1 aliphatic rings. The maximum atomic E-state index is 12.6. The van der Waals surface area contributed by atoms with E-state index in [2.05, 4.69) is 15.6 Å². The number of pyridine rings is 1. The SMILES string of the molecule is NS(=O)(=O)c1cccc(NC(=S)N[C@H]2CCN(c3ccc(C(F)(F)F)cn3)C2)c1. The lowest BCUT2D eigenvalue weighted by atomic mass is 10.2. The molecule has 3 rings (SSSR count). The van der Waals surface area contributed by atoms with E-state index in [0.29, 0.717) is 36.1 Å². The average Bonchev–Trinajstić information content (AvgIpc) is 3.09. The van der Waals surface area contributed by atoms with Crippen LogP contribution < -0.4 is 20.7 Å². The summed E-state index contributed by atoms with van der Waals surface area (Å²) in [5, 5.41) is 11.4. The predicted octanol–water partition coefficient (Wildman–Crippen LogP) is 2.31. The first-order valence-electron chi connectivity index (χ1n) is 8.51. The predicted molar refractivity (Wildman–Crippen MR) is 107 cm³/mol. The maximum absolute atomic E-state index is 12.6. The average molecular weight is 445 g/mol. The van der Waals surface area contributed by atoms with Crippen molar-refractivity contribution in [3.63, 3.8) is 0 Å². The number of hydrogen-bond donors (Lipinski definition) is 3. The molecule has 0 unspecified atom stereocenters. The summed E-state index contributed by atoms with van der Waals surface area (Å²) in [6.07, 6.45) is -2.89. The summed E-state index contributed by atoms with van der Waals surface area (Å²) < 4.78 is 60.8. The Bertz CT molecular complexity index is 997. The molecule has 1 aliphatic heterocycles. The van der Waals surface area contributed by atoms with Crippen LogP contribution in [0.4, 0.5) is 24.7 Å². The number of benzene rings is 1. The standard InChI is InChI=1S/C17H18F3N5O2S2/c18-17(19,20)11-4-5-15(22-9-11)25-7-6-13(10-25)24-16(28)23-12-2-1-3-14(8-12)29(21,26)27/h1-5,8-9,13H,6-7,10H2,(H2,21,26,27)(H2,23,24,28)/t13-/m0/s1. The van der Waals surface area contributed by atoms with Crippen molar-refractivity contribution in [2.24, 2.45) is 5.14 Å². The van der Waals surface area contributed by atoms with Crippen LogP contribution in [-0.2, 0) is 16.2 Å². The lowest BCUT2D eigenvalue weighted by Gasteiger charge is -2.19. The number of sulfonamides is 1. The van der Waals surface area contributed by atoms with Crippen LogP contribution in [-0.4, -0.2) is 37.6 Å². The fourth-order valence-corrected chi connectivity index (χ4v) is 3.77. The van der Waals surface area contributed by atoms with Crippen molar-refractivity contribution in [2.45, 2.75) is 23.5 Å². The van der Waals surface area contributed by atoms with Gasteiger partial charge >= 0.3 is 6.18 Å². The number of primary sulfonamides is 1. The van der Waals surface area contributed by atoms with Gasteiger partial charge in [0, 0.05) is 31.0 Å². The molecule has 0 bridgehead atoms. The molecule has 1 fully saturated rings. The molecule has 1 atom stereocenters. The van der Waals surface area contributed by atoms with Gasteiger partial charge in [0.15, 0.2) is 5.11 Å². The fourth-order valence-electron chi connectivity index (χ4n) is 2.93. The molecule has 0 saturated carbocycles. The van der Waals surface area contributed by atoms with Crippen molar-refractivity contribution in [1.29, 1.82) is 0 Å². The highest BCUT2D eigenvalue weighted by Gasteiger charge is 2.31. The van der Waals surface area contributed by atoms with Gasteiger partial charge in [0.25, 0.3) is 0 Å². The summed E-state index contributed by atoms with van der Waals surface area (Å²) in [7, 11) is -3.82. The van der Waals surface area contributed by atoms with Gasteiger partial charge in [-0.1, -0.05) is 6.07 Å². The van der Waals surface area contributed by atoms with Crippen molar-refractivity contribution >= 4 is 38.9 Å². The number of thiocarbonyl (C=S) groups is 1. The first kappa shape index (κ1) is 21.3. The van der Waals surface area contributed by atoms with Gasteiger partial charge in [-0.05, 0) is 49.0 Å². The third kappa shape index (κ3) is 5.55. The summed E-state index contributed by atoms with van der Waals surface area (Å²) in [6, 6.07) is 8.25. The minimum atomic E-state index is -4.42. The van der Waals surface area contributed by atoms with Crippen molar-refractivity contribution in [3.05, 3.63) is 48.2 Å². The zero-order valence-corrected chi connectivity index (χ0v) is 16.6. The topological polar surface area (TPSA) is 100 Å². The highest BCUT2D eigenvalue weighted by atomic mass is 32.2. The third-order valence-corrected chi connectivity index (χ3v) is 5.47. The molecular weight excluding hydrogens is 427 g/mol. The van der Waals surface area contributed by atoms with Crippen molar-refractivity contribution in [2.75, 3.05) is 23.3 Å². The lowest BCUT2D eigenvalue weighted by molar-refractivity contribution is -0.137. The third-order valence-electron chi connectivity index (χ3n) is 4.34. The highest BCUT2D eigenvalue weighted by molar-refractivity contribution is 7.89. The number of hydrogen-bond acceptors (Lipinski definition) is 5. The first-order valence-corrected chi connectivity index (χ1v) is 10.5. The molecule has 0 radical (unpaired) electrons. The second-order valence-electron chi connectivity index (χ2n) is 6.51. The first-order chi connectivity index (χ1) is 13.5. The number of aromatic nitrogens is 1. The van der Waals surface area contributed by atoms with Gasteiger partial charge in [0.05, 0.1) is 10.5 Å². The van der Waals surface area contributed by atoms with Crippen LogP contribution in [0.5, 0.6) is 0 Å². The van der Waals surface area contributed by atoms with E-state index in [1.807, 2.05) is 4.90 Å². The van der Waals surface area contributed by atoms with Gasteiger partial charge in [-0.15, -0.1) is 0 Å². The number of nitrogens with zero attached hydrogens (tertiary/aromatic N) is 2. The van der Waals surface area contributed by atoms with Gasteiger partial charge < -0.3 is 15.5 Å². The number of nitrogens with two attached hydrogens (primary N) is 1. The van der Waals surface area contributed by atoms with E-state index in [9.17, 15) is 21.6 Å². The van der Waals surface area contributed by atoms with Crippen LogP contribution in [0.1, 0.15) is 12.0 Å². The Labute approximate surface area is 171 Å². The molecule has 7 nitrogen and oxygen atoms in total. The van der Waals surface area contributed by atoms with Crippen LogP contribution in [0.15, 0.2) is 47.5 Å². The highest BCUT2D eigenvalue weighted by Crippen LogP contribution is 2.30. The van der Waals surface area contributed by atoms with Gasteiger partial charge in [-0.25, -0.2) is 18.5 Å². The molecule has 0 aliphatic carbocycles. The van der Waals surface area contributed by atoms with Crippen LogP contribution in [0, 0.1) is 0 Å². The van der Waals surface area contributed by atoms with Gasteiger partial charge in [0.2, 0.25) is 10.0 Å². The van der Waals surface area contributed by atoms with Crippen molar-refractivity contribution in [3.8, 4) is 0 Å². The number of halogens is 3. The summed E-state index contributed by atoms with van der Waals surface area (Å²) in [6.45, 7) is 1.12. The zero-order chi connectivity index (χ0) is 21.2. The molecule has 1 saturated heterocycles. The summed E-state index contributed by atoms with van der Waals surface area (Å²) in [4.78, 5) is 5.73. The molecule has 12 heteroatoms. The molecule has 0 spiro atoms. The quantitative estimate of drug-likeness (QED) is 0.621.